The third kappa shape index (κ3) is 3.58. The molecular formula is C11H12BrN5O3S. The zero-order valence-corrected chi connectivity index (χ0v) is 13.3. The number of anilines is 1. The fourth-order valence-corrected chi connectivity index (χ4v) is 3.86. The molecular weight excluding hydrogens is 362 g/mol. The lowest BCUT2D eigenvalue weighted by Gasteiger charge is -2.08. The van der Waals surface area contributed by atoms with Gasteiger partial charge in [0.2, 0.25) is 10.9 Å². The maximum absolute atomic E-state index is 12.3. The number of hydrogen-bond acceptors (Lipinski definition) is 5. The van der Waals surface area contributed by atoms with Gasteiger partial charge in [0.05, 0.1) is 6.42 Å². The summed E-state index contributed by atoms with van der Waals surface area (Å²) in [6.07, 6.45) is 0.101. The molecule has 0 saturated carbocycles. The van der Waals surface area contributed by atoms with E-state index in [1.54, 1.807) is 24.3 Å². The van der Waals surface area contributed by atoms with Crippen molar-refractivity contribution in [3.63, 3.8) is 0 Å². The van der Waals surface area contributed by atoms with Gasteiger partial charge in [0, 0.05) is 12.7 Å². The SMILES string of the molecule is Cn1nnc(Br)c1S(=O)(=O)Nc1ccc(CC(N)=O)cc1. The van der Waals surface area contributed by atoms with E-state index in [0.717, 1.165) is 4.68 Å². The molecule has 0 aliphatic heterocycles. The number of aryl methyl sites for hydroxylation is 1. The molecule has 2 rings (SSSR count). The van der Waals surface area contributed by atoms with Gasteiger partial charge >= 0.3 is 0 Å². The van der Waals surface area contributed by atoms with Crippen molar-refractivity contribution in [2.24, 2.45) is 12.8 Å². The van der Waals surface area contributed by atoms with Crippen molar-refractivity contribution < 1.29 is 13.2 Å². The largest absolute Gasteiger partial charge is 0.369 e. The first-order valence-corrected chi connectivity index (χ1v) is 8.02. The van der Waals surface area contributed by atoms with Gasteiger partial charge in [-0.1, -0.05) is 17.3 Å². The van der Waals surface area contributed by atoms with Gasteiger partial charge in [-0.2, -0.15) is 8.42 Å². The van der Waals surface area contributed by atoms with Crippen molar-refractivity contribution in [1.82, 2.24) is 15.0 Å². The molecule has 0 atom stereocenters. The number of primary amides is 1. The number of carbonyl (C=O) groups excluding carboxylic acids is 1. The fraction of sp³-hybridized carbons (Fsp3) is 0.182. The molecule has 0 aliphatic carbocycles. The molecule has 21 heavy (non-hydrogen) atoms. The summed E-state index contributed by atoms with van der Waals surface area (Å²) < 4.78 is 28.2. The van der Waals surface area contributed by atoms with Gasteiger partial charge in [-0.25, -0.2) is 4.68 Å². The summed E-state index contributed by atoms with van der Waals surface area (Å²) in [5, 5.41) is 7.17. The van der Waals surface area contributed by atoms with Crippen LogP contribution in [0, 0.1) is 0 Å². The number of nitrogens with one attached hydrogen (secondary N) is 1. The van der Waals surface area contributed by atoms with Crippen LogP contribution >= 0.6 is 15.9 Å². The van der Waals surface area contributed by atoms with E-state index < -0.39 is 15.9 Å². The molecule has 0 bridgehead atoms. The summed E-state index contributed by atoms with van der Waals surface area (Å²) in [6, 6.07) is 6.35. The molecule has 0 aliphatic rings. The van der Waals surface area contributed by atoms with Crippen LogP contribution in [0.1, 0.15) is 5.56 Å². The van der Waals surface area contributed by atoms with E-state index in [-0.39, 0.29) is 16.0 Å². The Labute approximate surface area is 129 Å². The fourth-order valence-electron chi connectivity index (χ4n) is 1.70. The molecule has 10 heteroatoms. The van der Waals surface area contributed by atoms with E-state index in [9.17, 15) is 13.2 Å². The van der Waals surface area contributed by atoms with Crippen LogP contribution in [0.4, 0.5) is 5.69 Å². The van der Waals surface area contributed by atoms with Crippen molar-refractivity contribution in [3.8, 4) is 0 Å². The minimum absolute atomic E-state index is 0.0799. The van der Waals surface area contributed by atoms with E-state index in [1.807, 2.05) is 0 Å². The lowest BCUT2D eigenvalue weighted by atomic mass is 10.1. The Morgan fingerprint density at radius 1 is 1.38 bits per heavy atom. The Bertz CT molecular complexity index is 750. The summed E-state index contributed by atoms with van der Waals surface area (Å²) in [4.78, 5) is 10.8. The van der Waals surface area contributed by atoms with Crippen LogP contribution in [0.25, 0.3) is 0 Å². The van der Waals surface area contributed by atoms with Gasteiger partial charge in [-0.05, 0) is 33.6 Å². The molecule has 2 aromatic rings. The second kappa shape index (κ2) is 5.82. The minimum atomic E-state index is -3.82. The Balaban J connectivity index is 2.23. The minimum Gasteiger partial charge on any atom is -0.369 e. The van der Waals surface area contributed by atoms with E-state index in [2.05, 4.69) is 31.0 Å². The number of nitrogens with two attached hydrogens (primary N) is 1. The number of aromatic nitrogens is 3. The van der Waals surface area contributed by atoms with Crippen molar-refractivity contribution in [1.29, 1.82) is 0 Å². The van der Waals surface area contributed by atoms with Crippen molar-refractivity contribution >= 4 is 37.5 Å². The number of rotatable bonds is 5. The summed E-state index contributed by atoms with van der Waals surface area (Å²) in [7, 11) is -2.34. The Morgan fingerprint density at radius 3 is 2.48 bits per heavy atom. The Hall–Kier alpha value is -1.94. The number of carbonyl (C=O) groups is 1. The van der Waals surface area contributed by atoms with Crippen LogP contribution in [0.3, 0.4) is 0 Å². The summed E-state index contributed by atoms with van der Waals surface area (Å²) >= 11 is 3.04. The Kier molecular flexibility index (Phi) is 4.28. The number of hydrogen-bond donors (Lipinski definition) is 2. The number of amides is 1. The lowest BCUT2D eigenvalue weighted by molar-refractivity contribution is -0.117. The van der Waals surface area contributed by atoms with E-state index >= 15 is 0 Å². The third-order valence-electron chi connectivity index (χ3n) is 2.58. The second-order valence-corrected chi connectivity index (χ2v) is 6.60. The van der Waals surface area contributed by atoms with Crippen LogP contribution in [-0.2, 0) is 28.3 Å². The molecule has 0 radical (unpaired) electrons. The zero-order valence-electron chi connectivity index (χ0n) is 10.9. The van der Waals surface area contributed by atoms with E-state index in [1.165, 1.54) is 7.05 Å². The first kappa shape index (κ1) is 15.4. The number of benzene rings is 1. The van der Waals surface area contributed by atoms with E-state index in [0.29, 0.717) is 11.3 Å². The molecule has 1 heterocycles. The van der Waals surface area contributed by atoms with Crippen molar-refractivity contribution in [2.75, 3.05) is 4.72 Å². The van der Waals surface area contributed by atoms with Gasteiger partial charge in [-0.15, -0.1) is 5.10 Å². The molecule has 1 amide bonds. The maximum Gasteiger partial charge on any atom is 0.281 e. The highest BCUT2D eigenvalue weighted by Gasteiger charge is 2.23. The first-order valence-electron chi connectivity index (χ1n) is 5.75. The molecule has 0 saturated heterocycles. The second-order valence-electron chi connectivity index (χ2n) is 4.25. The lowest BCUT2D eigenvalue weighted by Crippen LogP contribution is -2.17. The first-order chi connectivity index (χ1) is 9.79. The van der Waals surface area contributed by atoms with Gasteiger partial charge in [0.1, 0.15) is 0 Å². The standard InChI is InChI=1S/C11H12BrN5O3S/c1-17-11(10(12)14-16-17)21(19,20)15-8-4-2-7(3-5-8)6-9(13)18/h2-5,15H,6H2,1H3,(H2,13,18). The Morgan fingerprint density at radius 2 is 2.00 bits per heavy atom. The van der Waals surface area contributed by atoms with Crippen LogP contribution in [0.15, 0.2) is 33.9 Å². The monoisotopic (exact) mass is 373 g/mol. The normalized spacial score (nSPS) is 11.3. The van der Waals surface area contributed by atoms with Gasteiger partial charge < -0.3 is 5.73 Å². The molecule has 0 unspecified atom stereocenters. The highest BCUT2D eigenvalue weighted by molar-refractivity contribution is 9.10. The predicted molar refractivity (Wildman–Crippen MR) is 78.9 cm³/mol. The van der Waals surface area contributed by atoms with Crippen LogP contribution < -0.4 is 10.5 Å². The van der Waals surface area contributed by atoms with Crippen LogP contribution in [-0.4, -0.2) is 29.3 Å². The van der Waals surface area contributed by atoms with Gasteiger partial charge in [0.25, 0.3) is 10.0 Å². The van der Waals surface area contributed by atoms with E-state index in [4.69, 9.17) is 5.73 Å². The summed E-state index contributed by atoms with van der Waals surface area (Å²) in [5.41, 5.74) is 6.15. The highest BCUT2D eigenvalue weighted by atomic mass is 79.9. The smallest absolute Gasteiger partial charge is 0.281 e. The number of sulfonamides is 1. The van der Waals surface area contributed by atoms with Crippen LogP contribution in [0.2, 0.25) is 0 Å². The average Bonchev–Trinajstić information content (AvgIpc) is 2.71. The highest BCUT2D eigenvalue weighted by Crippen LogP contribution is 2.21. The quantitative estimate of drug-likeness (QED) is 0.785. The summed E-state index contributed by atoms with van der Waals surface area (Å²) in [6.45, 7) is 0. The molecule has 3 N–H and O–H groups in total. The molecule has 0 spiro atoms. The zero-order chi connectivity index (χ0) is 15.6. The topological polar surface area (TPSA) is 120 Å². The van der Waals surface area contributed by atoms with Crippen molar-refractivity contribution in [3.05, 3.63) is 34.4 Å². The average molecular weight is 374 g/mol. The van der Waals surface area contributed by atoms with Gasteiger partial charge in [-0.3, -0.25) is 9.52 Å². The third-order valence-corrected chi connectivity index (χ3v) is 4.84. The number of nitrogens with zero attached hydrogens (tertiary/aromatic N) is 3. The van der Waals surface area contributed by atoms with Crippen molar-refractivity contribution in [2.45, 2.75) is 11.4 Å². The molecule has 1 aromatic carbocycles. The maximum atomic E-state index is 12.3. The molecule has 112 valence electrons. The molecule has 0 fully saturated rings. The van der Waals surface area contributed by atoms with Gasteiger partial charge in [0.15, 0.2) is 4.60 Å². The molecule has 1 aromatic heterocycles. The summed E-state index contributed by atoms with van der Waals surface area (Å²) in [5.74, 6) is -0.451. The van der Waals surface area contributed by atoms with Crippen LogP contribution in [0.5, 0.6) is 0 Å². The molecule has 8 nitrogen and oxygen atoms in total. The number of halogens is 1. The predicted octanol–water partition coefficient (Wildman–Crippen LogP) is 0.406.